The number of rotatable bonds is 4. The van der Waals surface area contributed by atoms with Crippen LogP contribution in [0.2, 0.25) is 0 Å². The summed E-state index contributed by atoms with van der Waals surface area (Å²) in [5.74, 6) is -0.373. The molecule has 2 aromatic carbocycles. The lowest BCUT2D eigenvalue weighted by molar-refractivity contribution is 0.0889. The van der Waals surface area contributed by atoms with Gasteiger partial charge in [0.2, 0.25) is 5.91 Å². The summed E-state index contributed by atoms with van der Waals surface area (Å²) < 4.78 is 1.81. The highest BCUT2D eigenvalue weighted by molar-refractivity contribution is 6.06. The van der Waals surface area contributed by atoms with Crippen LogP contribution in [-0.2, 0) is 6.42 Å². The number of anilines is 1. The molecule has 0 radical (unpaired) electrons. The average Bonchev–Trinajstić information content (AvgIpc) is 3.14. The van der Waals surface area contributed by atoms with E-state index in [-0.39, 0.29) is 5.91 Å². The Kier molecular flexibility index (Phi) is 5.18. The SMILES string of the molecule is N#Cc1ccc2c(c1)c(-c1ccc(C(N)=O)c(NC3CCCCC3)c1)c1n2C(=O)CCC1. The maximum atomic E-state index is 12.8. The standard InChI is InChI=1S/C26H26N4O2/c27-15-16-9-12-22-20(13-16)25(23-7-4-8-24(31)30(22)23)17-10-11-19(26(28)32)21(14-17)29-18-5-2-1-3-6-18/h9-14,18,29H,1-8H2,(H2,28,32). The van der Waals surface area contributed by atoms with Crippen LogP contribution in [-0.4, -0.2) is 22.4 Å². The van der Waals surface area contributed by atoms with Crippen LogP contribution < -0.4 is 11.1 Å². The summed E-state index contributed by atoms with van der Waals surface area (Å²) in [6.07, 6.45) is 7.88. The van der Waals surface area contributed by atoms with Crippen LogP contribution in [0.15, 0.2) is 36.4 Å². The Labute approximate surface area is 187 Å². The predicted octanol–water partition coefficient (Wildman–Crippen LogP) is 5.00. The largest absolute Gasteiger partial charge is 0.382 e. The number of carbonyl (C=O) groups excluding carboxylic acids is 2. The molecule has 3 aromatic rings. The Hall–Kier alpha value is -3.59. The zero-order valence-corrected chi connectivity index (χ0v) is 18.0. The first-order valence-corrected chi connectivity index (χ1v) is 11.4. The summed E-state index contributed by atoms with van der Waals surface area (Å²) in [7, 11) is 0. The Morgan fingerprint density at radius 1 is 1.06 bits per heavy atom. The van der Waals surface area contributed by atoms with E-state index in [0.29, 0.717) is 23.6 Å². The molecule has 1 saturated carbocycles. The van der Waals surface area contributed by atoms with Crippen LogP contribution >= 0.6 is 0 Å². The molecular formula is C26H26N4O2. The first kappa shape index (κ1) is 20.3. The van der Waals surface area contributed by atoms with E-state index in [0.717, 1.165) is 59.1 Å². The minimum atomic E-state index is -0.458. The molecule has 1 aliphatic carbocycles. The summed E-state index contributed by atoms with van der Waals surface area (Å²) in [5.41, 5.74) is 11.2. The summed E-state index contributed by atoms with van der Waals surface area (Å²) in [5, 5.41) is 13.9. The predicted molar refractivity (Wildman–Crippen MR) is 125 cm³/mol. The Morgan fingerprint density at radius 2 is 1.88 bits per heavy atom. The Balaban J connectivity index is 1.70. The molecule has 1 aliphatic heterocycles. The molecule has 6 heteroatoms. The maximum absolute atomic E-state index is 12.8. The molecule has 1 aromatic heterocycles. The highest BCUT2D eigenvalue weighted by Crippen LogP contribution is 2.40. The number of hydrogen-bond acceptors (Lipinski definition) is 4. The van der Waals surface area contributed by atoms with Gasteiger partial charge in [-0.15, -0.1) is 0 Å². The summed E-state index contributed by atoms with van der Waals surface area (Å²) in [6, 6.07) is 13.7. The van der Waals surface area contributed by atoms with E-state index < -0.39 is 5.91 Å². The molecule has 162 valence electrons. The van der Waals surface area contributed by atoms with Gasteiger partial charge in [-0.25, -0.2) is 0 Å². The van der Waals surface area contributed by atoms with Gasteiger partial charge in [-0.05, 0) is 61.6 Å². The number of carbonyl (C=O) groups is 2. The van der Waals surface area contributed by atoms with Gasteiger partial charge in [0.05, 0.1) is 22.7 Å². The van der Waals surface area contributed by atoms with Gasteiger partial charge in [-0.1, -0.05) is 25.3 Å². The maximum Gasteiger partial charge on any atom is 0.250 e. The molecular weight excluding hydrogens is 400 g/mol. The van der Waals surface area contributed by atoms with E-state index in [2.05, 4.69) is 11.4 Å². The first-order valence-electron chi connectivity index (χ1n) is 11.4. The van der Waals surface area contributed by atoms with E-state index in [9.17, 15) is 14.9 Å². The summed E-state index contributed by atoms with van der Waals surface area (Å²) >= 11 is 0. The van der Waals surface area contributed by atoms with Crippen molar-refractivity contribution in [1.82, 2.24) is 4.57 Å². The van der Waals surface area contributed by atoms with Crippen molar-refractivity contribution in [2.45, 2.75) is 57.4 Å². The zero-order valence-electron chi connectivity index (χ0n) is 18.0. The molecule has 0 saturated heterocycles. The second-order valence-corrected chi connectivity index (χ2v) is 8.85. The third-order valence-corrected chi connectivity index (χ3v) is 6.79. The molecule has 0 spiro atoms. The number of fused-ring (bicyclic) bond motifs is 3. The number of amides is 1. The van der Waals surface area contributed by atoms with E-state index >= 15 is 0 Å². The molecule has 0 bridgehead atoms. The van der Waals surface area contributed by atoms with E-state index in [1.54, 1.807) is 12.1 Å². The van der Waals surface area contributed by atoms with Crippen molar-refractivity contribution in [3.05, 3.63) is 53.2 Å². The minimum absolute atomic E-state index is 0.0847. The van der Waals surface area contributed by atoms with E-state index in [1.807, 2.05) is 28.8 Å². The molecule has 3 N–H and O–H groups in total. The first-order chi connectivity index (χ1) is 15.6. The van der Waals surface area contributed by atoms with Gasteiger partial charge < -0.3 is 11.1 Å². The molecule has 2 heterocycles. The van der Waals surface area contributed by atoms with Crippen LogP contribution in [0.3, 0.4) is 0 Å². The van der Waals surface area contributed by atoms with E-state index in [4.69, 9.17) is 5.73 Å². The lowest BCUT2D eigenvalue weighted by Crippen LogP contribution is -2.24. The van der Waals surface area contributed by atoms with Crippen LogP contribution in [0, 0.1) is 11.3 Å². The van der Waals surface area contributed by atoms with Crippen LogP contribution in [0.1, 0.15) is 71.4 Å². The number of hydrogen-bond donors (Lipinski definition) is 2. The van der Waals surface area contributed by atoms with Gasteiger partial charge >= 0.3 is 0 Å². The second kappa shape index (κ2) is 8.16. The van der Waals surface area contributed by atoms with Crippen molar-refractivity contribution in [2.24, 2.45) is 5.73 Å². The van der Waals surface area contributed by atoms with Crippen LogP contribution in [0.4, 0.5) is 5.69 Å². The number of benzene rings is 2. The third-order valence-electron chi connectivity index (χ3n) is 6.79. The lowest BCUT2D eigenvalue weighted by atomic mass is 9.93. The fourth-order valence-corrected chi connectivity index (χ4v) is 5.28. The topological polar surface area (TPSA) is 101 Å². The fraction of sp³-hybridized carbons (Fsp3) is 0.346. The van der Waals surface area contributed by atoms with Crippen LogP contribution in [0.25, 0.3) is 22.0 Å². The fourth-order valence-electron chi connectivity index (χ4n) is 5.28. The van der Waals surface area contributed by atoms with Gasteiger partial charge in [0.15, 0.2) is 0 Å². The van der Waals surface area contributed by atoms with Gasteiger partial charge in [-0.2, -0.15) is 5.26 Å². The monoisotopic (exact) mass is 426 g/mol. The minimum Gasteiger partial charge on any atom is -0.382 e. The second-order valence-electron chi connectivity index (χ2n) is 8.85. The summed E-state index contributed by atoms with van der Waals surface area (Å²) in [6.45, 7) is 0. The highest BCUT2D eigenvalue weighted by atomic mass is 16.2. The Morgan fingerprint density at radius 3 is 2.62 bits per heavy atom. The smallest absolute Gasteiger partial charge is 0.250 e. The average molecular weight is 427 g/mol. The number of nitriles is 1. The lowest BCUT2D eigenvalue weighted by Gasteiger charge is -2.25. The zero-order chi connectivity index (χ0) is 22.2. The molecule has 32 heavy (non-hydrogen) atoms. The number of nitrogens with zero attached hydrogens (tertiary/aromatic N) is 2. The molecule has 1 fully saturated rings. The molecule has 2 aliphatic rings. The van der Waals surface area contributed by atoms with Crippen molar-refractivity contribution in [1.29, 1.82) is 5.26 Å². The molecule has 0 unspecified atom stereocenters. The van der Waals surface area contributed by atoms with Crippen LogP contribution in [0.5, 0.6) is 0 Å². The van der Waals surface area contributed by atoms with Crippen molar-refractivity contribution < 1.29 is 9.59 Å². The quantitative estimate of drug-likeness (QED) is 0.613. The van der Waals surface area contributed by atoms with Crippen molar-refractivity contribution in [3.63, 3.8) is 0 Å². The van der Waals surface area contributed by atoms with Crippen molar-refractivity contribution in [2.75, 3.05) is 5.32 Å². The summed E-state index contributed by atoms with van der Waals surface area (Å²) in [4.78, 5) is 24.9. The number of nitrogens with one attached hydrogen (secondary N) is 1. The highest BCUT2D eigenvalue weighted by Gasteiger charge is 2.26. The number of primary amides is 1. The van der Waals surface area contributed by atoms with E-state index in [1.165, 1.54) is 19.3 Å². The number of nitrogens with two attached hydrogens (primary N) is 1. The number of aromatic nitrogens is 1. The molecule has 1 amide bonds. The van der Waals surface area contributed by atoms with Gasteiger partial charge in [0, 0.05) is 34.8 Å². The third kappa shape index (κ3) is 3.44. The molecule has 5 rings (SSSR count). The van der Waals surface area contributed by atoms with Gasteiger partial charge in [-0.3, -0.25) is 14.2 Å². The normalized spacial score (nSPS) is 16.5. The van der Waals surface area contributed by atoms with Gasteiger partial charge in [0.1, 0.15) is 0 Å². The Bertz CT molecular complexity index is 1280. The van der Waals surface area contributed by atoms with Crippen molar-refractivity contribution in [3.8, 4) is 17.2 Å². The van der Waals surface area contributed by atoms with Gasteiger partial charge in [0.25, 0.3) is 5.91 Å². The molecule has 0 atom stereocenters. The molecule has 6 nitrogen and oxygen atoms in total. The van der Waals surface area contributed by atoms with Crippen molar-refractivity contribution >= 4 is 28.4 Å².